The van der Waals surface area contributed by atoms with E-state index in [9.17, 15) is 4.79 Å². The summed E-state index contributed by atoms with van der Waals surface area (Å²) in [5.74, 6) is 1.29. The molecule has 1 aliphatic rings. The maximum atomic E-state index is 11.8. The van der Waals surface area contributed by atoms with E-state index in [2.05, 4.69) is 4.98 Å². The van der Waals surface area contributed by atoms with E-state index in [1.165, 1.54) is 0 Å². The Morgan fingerprint density at radius 1 is 1.47 bits per heavy atom. The first-order chi connectivity index (χ1) is 9.29. The predicted octanol–water partition coefficient (Wildman–Crippen LogP) is 1.35. The molecule has 5 nitrogen and oxygen atoms in total. The van der Waals surface area contributed by atoms with Gasteiger partial charge in [0.1, 0.15) is 12.4 Å². The van der Waals surface area contributed by atoms with Gasteiger partial charge in [0.05, 0.1) is 6.61 Å². The van der Waals surface area contributed by atoms with Crippen LogP contribution in [-0.4, -0.2) is 49.2 Å². The lowest BCUT2D eigenvalue weighted by atomic mass is 9.99. The van der Waals surface area contributed by atoms with Crippen molar-refractivity contribution in [1.82, 2.24) is 9.88 Å². The van der Waals surface area contributed by atoms with Crippen molar-refractivity contribution in [3.8, 4) is 5.75 Å². The topological polar surface area (TPSA) is 51.7 Å². The highest BCUT2D eigenvalue weighted by Gasteiger charge is 2.23. The zero-order valence-corrected chi connectivity index (χ0v) is 11.2. The second-order valence-electron chi connectivity index (χ2n) is 4.77. The summed E-state index contributed by atoms with van der Waals surface area (Å²) in [6.07, 6.45) is 5.55. The second kappa shape index (κ2) is 7.09. The number of ether oxygens (including phenoxy) is 2. The van der Waals surface area contributed by atoms with E-state index in [4.69, 9.17) is 9.47 Å². The predicted molar refractivity (Wildman–Crippen MR) is 70.9 cm³/mol. The Hall–Kier alpha value is -1.62. The van der Waals surface area contributed by atoms with Gasteiger partial charge in [0.2, 0.25) is 5.91 Å². The smallest absolute Gasteiger partial charge is 0.248 e. The summed E-state index contributed by atoms with van der Waals surface area (Å²) in [6.45, 7) is 2.39. The molecule has 0 spiro atoms. The highest BCUT2D eigenvalue weighted by Crippen LogP contribution is 2.18. The van der Waals surface area contributed by atoms with Gasteiger partial charge in [-0.2, -0.15) is 0 Å². The van der Waals surface area contributed by atoms with E-state index >= 15 is 0 Å². The first kappa shape index (κ1) is 13.8. The van der Waals surface area contributed by atoms with Crippen molar-refractivity contribution in [2.45, 2.75) is 12.8 Å². The number of carbonyl (C=O) groups excluding carboxylic acids is 1. The molecule has 19 heavy (non-hydrogen) atoms. The number of nitrogens with zero attached hydrogens (tertiary/aromatic N) is 2. The normalized spacial score (nSPS) is 19.2. The lowest BCUT2D eigenvalue weighted by molar-refractivity contribution is -0.137. The van der Waals surface area contributed by atoms with Crippen molar-refractivity contribution in [2.24, 2.45) is 5.92 Å². The summed E-state index contributed by atoms with van der Waals surface area (Å²) < 4.78 is 10.6. The zero-order chi connectivity index (χ0) is 13.5. The lowest BCUT2D eigenvalue weighted by Gasteiger charge is -2.32. The van der Waals surface area contributed by atoms with Crippen LogP contribution in [0.5, 0.6) is 5.75 Å². The van der Waals surface area contributed by atoms with Crippen LogP contribution in [0.2, 0.25) is 0 Å². The molecule has 1 atom stereocenters. The highest BCUT2D eigenvalue weighted by atomic mass is 16.5. The van der Waals surface area contributed by atoms with Gasteiger partial charge in [0.15, 0.2) is 0 Å². The first-order valence-corrected chi connectivity index (χ1v) is 6.59. The number of rotatable bonds is 5. The van der Waals surface area contributed by atoms with Crippen LogP contribution in [0.15, 0.2) is 24.5 Å². The van der Waals surface area contributed by atoms with Crippen molar-refractivity contribution in [1.29, 1.82) is 0 Å². The average molecular weight is 264 g/mol. The summed E-state index contributed by atoms with van der Waals surface area (Å²) in [5, 5.41) is 0. The quantitative estimate of drug-likeness (QED) is 0.805. The minimum atomic E-state index is 0.0658. The molecule has 1 aromatic heterocycles. The minimum absolute atomic E-state index is 0.0658. The van der Waals surface area contributed by atoms with Crippen molar-refractivity contribution in [3.63, 3.8) is 0 Å². The van der Waals surface area contributed by atoms with Gasteiger partial charge in [-0.15, -0.1) is 0 Å². The van der Waals surface area contributed by atoms with E-state index < -0.39 is 0 Å². The van der Waals surface area contributed by atoms with Gasteiger partial charge in [0, 0.05) is 38.5 Å². The molecule has 1 amide bonds. The van der Waals surface area contributed by atoms with Crippen LogP contribution >= 0.6 is 0 Å². The number of methoxy groups -OCH3 is 1. The minimum Gasteiger partial charge on any atom is -0.493 e. The van der Waals surface area contributed by atoms with Crippen molar-refractivity contribution >= 4 is 5.91 Å². The molecule has 0 radical (unpaired) electrons. The van der Waals surface area contributed by atoms with Crippen LogP contribution in [-0.2, 0) is 9.53 Å². The van der Waals surface area contributed by atoms with E-state index in [1.54, 1.807) is 19.5 Å². The van der Waals surface area contributed by atoms with Crippen LogP contribution in [0.25, 0.3) is 0 Å². The fraction of sp³-hybridized carbons (Fsp3) is 0.571. The Morgan fingerprint density at radius 2 is 2.26 bits per heavy atom. The third kappa shape index (κ3) is 4.21. The number of amides is 1. The fourth-order valence-electron chi connectivity index (χ4n) is 2.29. The van der Waals surface area contributed by atoms with Gasteiger partial charge in [-0.1, -0.05) is 0 Å². The van der Waals surface area contributed by atoms with E-state index in [0.717, 1.165) is 31.7 Å². The fourth-order valence-corrected chi connectivity index (χ4v) is 2.29. The van der Waals surface area contributed by atoms with Crippen molar-refractivity contribution in [2.75, 3.05) is 33.4 Å². The van der Waals surface area contributed by atoms with Crippen LogP contribution < -0.4 is 4.74 Å². The number of piperidine rings is 1. The molecule has 1 unspecified atom stereocenters. The number of carbonyl (C=O) groups is 1. The van der Waals surface area contributed by atoms with E-state index in [1.807, 2.05) is 17.0 Å². The summed E-state index contributed by atoms with van der Waals surface area (Å²) in [6, 6.07) is 3.69. The van der Waals surface area contributed by atoms with Crippen LogP contribution in [0, 0.1) is 5.92 Å². The average Bonchev–Trinajstić information content (AvgIpc) is 2.47. The maximum Gasteiger partial charge on any atom is 0.248 e. The molecule has 104 valence electrons. The highest BCUT2D eigenvalue weighted by molar-refractivity contribution is 5.77. The molecule has 5 heteroatoms. The van der Waals surface area contributed by atoms with Gasteiger partial charge >= 0.3 is 0 Å². The summed E-state index contributed by atoms with van der Waals surface area (Å²) in [4.78, 5) is 17.6. The standard InChI is InChI=1S/C14H20N2O3/c1-18-11-14(17)16-8-2-3-12(9-16)10-19-13-4-6-15-7-5-13/h4-7,12H,2-3,8-11H2,1H3. The Bertz CT molecular complexity index is 397. The Labute approximate surface area is 113 Å². The van der Waals surface area contributed by atoms with Gasteiger partial charge in [-0.25, -0.2) is 0 Å². The molecule has 1 fully saturated rings. The largest absolute Gasteiger partial charge is 0.493 e. The van der Waals surface area contributed by atoms with Gasteiger partial charge in [-0.3, -0.25) is 9.78 Å². The molecule has 0 bridgehead atoms. The SMILES string of the molecule is COCC(=O)N1CCCC(COc2ccncc2)C1. The number of pyridine rings is 1. The molecular formula is C14H20N2O3. The zero-order valence-electron chi connectivity index (χ0n) is 11.2. The number of likely N-dealkylation sites (tertiary alicyclic amines) is 1. The van der Waals surface area contributed by atoms with Gasteiger partial charge < -0.3 is 14.4 Å². The van der Waals surface area contributed by atoms with Crippen LogP contribution in [0.4, 0.5) is 0 Å². The molecular weight excluding hydrogens is 244 g/mol. The molecule has 0 aromatic carbocycles. The first-order valence-electron chi connectivity index (χ1n) is 6.59. The number of aromatic nitrogens is 1. The van der Waals surface area contributed by atoms with Crippen LogP contribution in [0.1, 0.15) is 12.8 Å². The monoisotopic (exact) mass is 264 g/mol. The van der Waals surface area contributed by atoms with Gasteiger partial charge in [-0.05, 0) is 25.0 Å². The Balaban J connectivity index is 1.79. The molecule has 1 aliphatic heterocycles. The second-order valence-corrected chi connectivity index (χ2v) is 4.77. The number of hydrogen-bond donors (Lipinski definition) is 0. The molecule has 0 saturated carbocycles. The molecule has 2 heterocycles. The molecule has 1 saturated heterocycles. The third-order valence-electron chi connectivity index (χ3n) is 3.27. The molecule has 1 aromatic rings. The van der Waals surface area contributed by atoms with Crippen molar-refractivity contribution in [3.05, 3.63) is 24.5 Å². The van der Waals surface area contributed by atoms with Crippen LogP contribution in [0.3, 0.4) is 0 Å². The Kier molecular flexibility index (Phi) is 5.15. The summed E-state index contributed by atoms with van der Waals surface area (Å²) in [7, 11) is 1.55. The Morgan fingerprint density at radius 3 is 3.00 bits per heavy atom. The lowest BCUT2D eigenvalue weighted by Crippen LogP contribution is -2.43. The molecule has 2 rings (SSSR count). The molecule has 0 aliphatic carbocycles. The summed E-state index contributed by atoms with van der Waals surface area (Å²) in [5.41, 5.74) is 0. The molecule has 0 N–H and O–H groups in total. The maximum absolute atomic E-state index is 11.8. The summed E-state index contributed by atoms with van der Waals surface area (Å²) >= 11 is 0. The van der Waals surface area contributed by atoms with E-state index in [-0.39, 0.29) is 12.5 Å². The number of hydrogen-bond acceptors (Lipinski definition) is 4. The van der Waals surface area contributed by atoms with E-state index in [0.29, 0.717) is 12.5 Å². The van der Waals surface area contributed by atoms with Crippen molar-refractivity contribution < 1.29 is 14.3 Å². The third-order valence-corrected chi connectivity index (χ3v) is 3.27. The van der Waals surface area contributed by atoms with Gasteiger partial charge in [0.25, 0.3) is 0 Å².